The molecule has 20 heteroatoms. The number of aliphatic hydroxyl groups is 1. The molecule has 0 spiro atoms. The second-order valence-electron chi connectivity index (χ2n) is 6.51. The average Bonchev–Trinajstić information content (AvgIpc) is 2.83. The van der Waals surface area contributed by atoms with E-state index >= 15 is 0 Å². The molecule has 3 unspecified atom stereocenters. The van der Waals surface area contributed by atoms with Gasteiger partial charge in [0, 0.05) is 6.20 Å². The number of aliphatic hydroxyl groups excluding tert-OH is 1. The maximum absolute atomic E-state index is 14.5. The van der Waals surface area contributed by atoms with E-state index in [0.29, 0.717) is 0 Å². The van der Waals surface area contributed by atoms with Crippen LogP contribution in [0.1, 0.15) is 6.92 Å². The fraction of sp³-hybridized carbons (Fsp3) is 0.583. The molecule has 7 atom stereocenters. The Labute approximate surface area is 185 Å². The van der Waals surface area contributed by atoms with E-state index in [4.69, 9.17) is 31.9 Å². The lowest BCUT2D eigenvalue weighted by Crippen LogP contribution is -2.52. The van der Waals surface area contributed by atoms with Crippen LogP contribution < -0.4 is 5.73 Å². The zero-order valence-electron chi connectivity index (χ0n) is 16.0. The van der Waals surface area contributed by atoms with Crippen LogP contribution in [0.2, 0.25) is 0 Å². The molecular formula is C12H20ClFN3O12P3. The Bertz CT molecular complexity index is 959. The number of aliphatic imine (C=N–C) groups is 1. The van der Waals surface area contributed by atoms with Crippen molar-refractivity contribution in [3.05, 3.63) is 24.7 Å². The normalized spacial score (nSPS) is 33.5. The van der Waals surface area contributed by atoms with Gasteiger partial charge in [0.1, 0.15) is 29.3 Å². The predicted octanol–water partition coefficient (Wildman–Crippen LogP) is 0.409. The zero-order chi connectivity index (χ0) is 24.7. The third-order valence-corrected chi connectivity index (χ3v) is 8.43. The summed E-state index contributed by atoms with van der Waals surface area (Å²) in [4.78, 5) is 41.0. The van der Waals surface area contributed by atoms with Crippen molar-refractivity contribution in [3.63, 3.8) is 0 Å². The Balaban J connectivity index is 2.21. The van der Waals surface area contributed by atoms with Gasteiger partial charge in [-0.25, -0.2) is 23.1 Å². The molecule has 0 aromatic rings. The lowest BCUT2D eigenvalue weighted by atomic mass is 9.93. The monoisotopic (exact) mass is 545 g/mol. The van der Waals surface area contributed by atoms with Crippen LogP contribution in [0.15, 0.2) is 29.7 Å². The number of rotatable bonds is 9. The molecule has 2 aliphatic heterocycles. The SMILES string of the molecule is C=C1N=C(N)C=CN1[C@@H]1O[C@@](COP(=O)(O)OP(=O)(O)OP(=O)(O)O)(C(C)F)[C@@H](O)[C@H]1Cl. The summed E-state index contributed by atoms with van der Waals surface area (Å²) >= 11 is 6.17. The number of phosphoric ester groups is 1. The van der Waals surface area contributed by atoms with Crippen molar-refractivity contribution in [1.82, 2.24) is 4.90 Å². The van der Waals surface area contributed by atoms with E-state index in [1.807, 2.05) is 0 Å². The van der Waals surface area contributed by atoms with Gasteiger partial charge in [-0.2, -0.15) is 8.62 Å². The van der Waals surface area contributed by atoms with Gasteiger partial charge in [-0.05, 0) is 13.0 Å². The highest BCUT2D eigenvalue weighted by atomic mass is 35.5. The minimum Gasteiger partial charge on any atom is -0.388 e. The highest BCUT2D eigenvalue weighted by molar-refractivity contribution is 7.66. The molecule has 2 heterocycles. The van der Waals surface area contributed by atoms with E-state index in [2.05, 4.69) is 24.7 Å². The Morgan fingerprint density at radius 2 is 1.94 bits per heavy atom. The van der Waals surface area contributed by atoms with Crippen LogP contribution in [-0.4, -0.2) is 71.5 Å². The molecule has 15 nitrogen and oxygen atoms in total. The van der Waals surface area contributed by atoms with Crippen LogP contribution in [0, 0.1) is 0 Å². The first-order valence-corrected chi connectivity index (χ1v) is 13.3. The second kappa shape index (κ2) is 9.51. The van der Waals surface area contributed by atoms with Gasteiger partial charge in [0.2, 0.25) is 0 Å². The number of ether oxygens (including phenoxy) is 1. The number of amidine groups is 1. The maximum atomic E-state index is 14.5. The van der Waals surface area contributed by atoms with Crippen molar-refractivity contribution in [1.29, 1.82) is 0 Å². The van der Waals surface area contributed by atoms with E-state index in [1.165, 1.54) is 17.2 Å². The standard InChI is InChI=1S/C12H20ClFN3O12P3/c1-6(14)12(5-26-31(22,23)29-32(24,25)28-30(19,20)21)10(18)9(13)11(27-12)17-4-3-8(15)16-7(17)2/h3-4,6,9-11,18H,2,5H2,1H3,(H2,15,16)(H,22,23)(H,24,25)(H2,19,20,21)/t6?,9-,10+,11-,12+/m1/s1. The molecule has 0 aromatic carbocycles. The molecule has 0 aliphatic carbocycles. The van der Waals surface area contributed by atoms with Crippen molar-refractivity contribution >= 4 is 40.9 Å². The summed E-state index contributed by atoms with van der Waals surface area (Å²) in [5.41, 5.74) is 3.13. The molecule has 0 saturated carbocycles. The molecule has 184 valence electrons. The number of phosphoric acid groups is 3. The molecule has 1 fully saturated rings. The predicted molar refractivity (Wildman–Crippen MR) is 105 cm³/mol. The zero-order valence-corrected chi connectivity index (χ0v) is 19.5. The summed E-state index contributed by atoms with van der Waals surface area (Å²) in [5.74, 6) is 0.108. The molecule has 0 amide bonds. The first-order chi connectivity index (χ1) is 14.4. The lowest BCUT2D eigenvalue weighted by Gasteiger charge is -2.35. The Hall–Kier alpha value is -0.700. The average molecular weight is 546 g/mol. The molecule has 0 bridgehead atoms. The van der Waals surface area contributed by atoms with Crippen molar-refractivity contribution in [2.24, 2.45) is 10.7 Å². The fourth-order valence-corrected chi connectivity index (χ4v) is 6.21. The number of halogens is 2. The van der Waals surface area contributed by atoms with Crippen molar-refractivity contribution < 1.29 is 60.6 Å². The van der Waals surface area contributed by atoms with Gasteiger partial charge in [0.25, 0.3) is 0 Å². The summed E-state index contributed by atoms with van der Waals surface area (Å²) < 4.78 is 65.8. The van der Waals surface area contributed by atoms with Gasteiger partial charge < -0.3 is 40.1 Å². The van der Waals surface area contributed by atoms with Crippen LogP contribution in [0.3, 0.4) is 0 Å². The Kier molecular flexibility index (Phi) is 8.19. The molecule has 1 saturated heterocycles. The number of hydrogen-bond donors (Lipinski definition) is 6. The van der Waals surface area contributed by atoms with Crippen molar-refractivity contribution in [2.45, 2.75) is 36.4 Å². The Morgan fingerprint density at radius 1 is 1.34 bits per heavy atom. The van der Waals surface area contributed by atoms with Crippen LogP contribution in [0.25, 0.3) is 0 Å². The second-order valence-corrected chi connectivity index (χ2v) is 11.4. The number of nitrogens with zero attached hydrogens (tertiary/aromatic N) is 2. The van der Waals surface area contributed by atoms with Crippen LogP contribution in [0.5, 0.6) is 0 Å². The smallest absolute Gasteiger partial charge is 0.388 e. The van der Waals surface area contributed by atoms with E-state index < -0.39 is 59.6 Å². The molecule has 0 aromatic heterocycles. The third kappa shape index (κ3) is 6.45. The van der Waals surface area contributed by atoms with Crippen LogP contribution >= 0.6 is 35.1 Å². The molecule has 2 aliphatic rings. The minimum atomic E-state index is -5.80. The summed E-state index contributed by atoms with van der Waals surface area (Å²) in [6.07, 6.45) is -2.62. The summed E-state index contributed by atoms with van der Waals surface area (Å²) in [6.45, 7) is 3.27. The summed E-state index contributed by atoms with van der Waals surface area (Å²) in [5, 5.41) is 9.17. The summed E-state index contributed by atoms with van der Waals surface area (Å²) in [7, 11) is -17.0. The van der Waals surface area contributed by atoms with Crippen LogP contribution in [-0.2, 0) is 31.6 Å². The van der Waals surface area contributed by atoms with Gasteiger partial charge >= 0.3 is 23.5 Å². The minimum absolute atomic E-state index is 0.0167. The van der Waals surface area contributed by atoms with Crippen LogP contribution in [0.4, 0.5) is 4.39 Å². The number of alkyl halides is 2. The van der Waals surface area contributed by atoms with E-state index in [1.54, 1.807) is 0 Å². The first kappa shape index (κ1) is 27.5. The van der Waals surface area contributed by atoms with Gasteiger partial charge in [0.15, 0.2) is 11.8 Å². The summed E-state index contributed by atoms with van der Waals surface area (Å²) in [6, 6.07) is 0. The van der Waals surface area contributed by atoms with E-state index in [0.717, 1.165) is 6.92 Å². The first-order valence-electron chi connectivity index (χ1n) is 8.31. The molecule has 0 radical (unpaired) electrons. The quantitative estimate of drug-likeness (QED) is 0.170. The fourth-order valence-electron chi connectivity index (χ4n) is 2.76. The molecule has 32 heavy (non-hydrogen) atoms. The highest BCUT2D eigenvalue weighted by Gasteiger charge is 2.60. The van der Waals surface area contributed by atoms with E-state index in [-0.39, 0.29) is 11.7 Å². The van der Waals surface area contributed by atoms with Crippen molar-refractivity contribution in [3.8, 4) is 0 Å². The van der Waals surface area contributed by atoms with Gasteiger partial charge in [-0.15, -0.1) is 11.6 Å². The molecular weight excluding hydrogens is 526 g/mol. The Morgan fingerprint density at radius 3 is 2.44 bits per heavy atom. The number of hydrogen-bond acceptors (Lipinski definition) is 11. The third-order valence-electron chi connectivity index (χ3n) is 4.19. The topological polar surface area (TPSA) is 231 Å². The van der Waals surface area contributed by atoms with Crippen molar-refractivity contribution in [2.75, 3.05) is 6.61 Å². The molecule has 2 rings (SSSR count). The van der Waals surface area contributed by atoms with Gasteiger partial charge in [-0.3, -0.25) is 4.52 Å². The van der Waals surface area contributed by atoms with E-state index in [9.17, 15) is 33.0 Å². The van der Waals surface area contributed by atoms with Gasteiger partial charge in [-0.1, -0.05) is 6.58 Å². The van der Waals surface area contributed by atoms with Gasteiger partial charge in [0.05, 0.1) is 6.61 Å². The lowest BCUT2D eigenvalue weighted by molar-refractivity contribution is -0.162. The largest absolute Gasteiger partial charge is 0.490 e. The number of nitrogens with two attached hydrogens (primary N) is 1. The highest BCUT2D eigenvalue weighted by Crippen LogP contribution is 2.66. The maximum Gasteiger partial charge on any atom is 0.490 e. The molecule has 7 N–H and O–H groups in total.